The number of benzene rings is 1. The highest BCUT2D eigenvalue weighted by atomic mass is 16.3. The van der Waals surface area contributed by atoms with Crippen molar-refractivity contribution in [3.63, 3.8) is 0 Å². The van der Waals surface area contributed by atoms with Crippen LogP contribution < -0.4 is 10.6 Å². The lowest BCUT2D eigenvalue weighted by Crippen LogP contribution is -2.27. The Morgan fingerprint density at radius 2 is 1.48 bits per heavy atom. The molecule has 0 spiro atoms. The van der Waals surface area contributed by atoms with E-state index in [0.717, 1.165) is 23.1 Å². The van der Waals surface area contributed by atoms with Crippen molar-refractivity contribution in [1.29, 1.82) is 0 Å². The minimum Gasteiger partial charge on any atom is -0.507 e. The molecule has 0 bridgehead atoms. The quantitative estimate of drug-likeness (QED) is 0.768. The first-order chi connectivity index (χ1) is 10.4. The van der Waals surface area contributed by atoms with E-state index in [-0.39, 0.29) is 28.9 Å². The summed E-state index contributed by atoms with van der Waals surface area (Å²) in [6, 6.07) is 3.99. The molecular formula is C19H30N2O2. The van der Waals surface area contributed by atoms with Gasteiger partial charge < -0.3 is 15.7 Å². The lowest BCUT2D eigenvalue weighted by Gasteiger charge is -2.30. The third-order valence-corrected chi connectivity index (χ3v) is 4.55. The zero-order valence-electron chi connectivity index (χ0n) is 15.4. The van der Waals surface area contributed by atoms with E-state index in [1.807, 2.05) is 12.1 Å². The largest absolute Gasteiger partial charge is 0.507 e. The summed E-state index contributed by atoms with van der Waals surface area (Å²) in [6.45, 7) is 14.7. The zero-order valence-corrected chi connectivity index (χ0v) is 15.4. The molecule has 23 heavy (non-hydrogen) atoms. The molecule has 0 aromatic heterocycles. The Balaban J connectivity index is 2.63. The van der Waals surface area contributed by atoms with Crippen LogP contribution in [0.5, 0.6) is 5.75 Å². The van der Waals surface area contributed by atoms with Crippen LogP contribution in [-0.4, -0.2) is 17.2 Å². The molecule has 2 unspecified atom stereocenters. The number of phenols is 1. The van der Waals surface area contributed by atoms with Gasteiger partial charge in [-0.05, 0) is 46.1 Å². The first-order valence-electron chi connectivity index (χ1n) is 8.40. The maximum absolute atomic E-state index is 11.8. The highest BCUT2D eigenvalue weighted by molar-refractivity contribution is 5.77. The minimum atomic E-state index is -0.169. The molecule has 2 atom stereocenters. The molecule has 1 aromatic carbocycles. The molecule has 1 aliphatic rings. The third kappa shape index (κ3) is 3.46. The highest BCUT2D eigenvalue weighted by Gasteiger charge is 2.34. The standard InChI is InChI=1S/C19H30N2O2/c1-8-14-15(21-17(23)20-14)11-9-12(18(2,3)4)16(22)13(10-11)19(5,6)7/h9-10,14-15,22H,8H2,1-7H3,(H2,20,21,23). The lowest BCUT2D eigenvalue weighted by molar-refractivity contribution is 0.247. The Labute approximate surface area is 139 Å². The van der Waals surface area contributed by atoms with Crippen molar-refractivity contribution in [3.05, 3.63) is 28.8 Å². The van der Waals surface area contributed by atoms with Crippen molar-refractivity contribution in [3.8, 4) is 5.75 Å². The predicted molar refractivity (Wildman–Crippen MR) is 94.0 cm³/mol. The van der Waals surface area contributed by atoms with Gasteiger partial charge in [-0.1, -0.05) is 48.5 Å². The van der Waals surface area contributed by atoms with Crippen molar-refractivity contribution < 1.29 is 9.90 Å². The van der Waals surface area contributed by atoms with Gasteiger partial charge in [0.25, 0.3) is 0 Å². The van der Waals surface area contributed by atoms with E-state index in [1.54, 1.807) is 0 Å². The maximum atomic E-state index is 11.8. The second kappa shape index (κ2) is 5.73. The summed E-state index contributed by atoms with van der Waals surface area (Å²) in [5.74, 6) is 0.374. The highest BCUT2D eigenvalue weighted by Crippen LogP contribution is 2.41. The first kappa shape index (κ1) is 17.6. The molecule has 0 saturated carbocycles. The van der Waals surface area contributed by atoms with Crippen LogP contribution in [0.2, 0.25) is 0 Å². The molecule has 3 N–H and O–H groups in total. The summed E-state index contributed by atoms with van der Waals surface area (Å²) in [5.41, 5.74) is 2.57. The molecule has 4 heteroatoms. The van der Waals surface area contributed by atoms with Gasteiger partial charge in [0.05, 0.1) is 12.1 Å². The molecule has 0 radical (unpaired) electrons. The van der Waals surface area contributed by atoms with Crippen LogP contribution in [0.15, 0.2) is 12.1 Å². The van der Waals surface area contributed by atoms with E-state index in [1.165, 1.54) is 0 Å². The third-order valence-electron chi connectivity index (χ3n) is 4.55. The van der Waals surface area contributed by atoms with Crippen molar-refractivity contribution in [2.24, 2.45) is 0 Å². The van der Waals surface area contributed by atoms with Gasteiger partial charge in [0, 0.05) is 0 Å². The first-order valence-corrected chi connectivity index (χ1v) is 8.40. The number of nitrogens with one attached hydrogen (secondary N) is 2. The van der Waals surface area contributed by atoms with E-state index in [9.17, 15) is 9.90 Å². The monoisotopic (exact) mass is 318 g/mol. The Hall–Kier alpha value is -1.71. The smallest absolute Gasteiger partial charge is 0.315 e. The number of rotatable bonds is 2. The number of urea groups is 1. The molecule has 1 heterocycles. The number of aromatic hydroxyl groups is 1. The Bertz CT molecular complexity index is 574. The van der Waals surface area contributed by atoms with Crippen LogP contribution in [-0.2, 0) is 10.8 Å². The topological polar surface area (TPSA) is 61.4 Å². The Morgan fingerprint density at radius 3 is 1.87 bits per heavy atom. The molecule has 1 saturated heterocycles. The number of carbonyl (C=O) groups is 1. The molecule has 0 aliphatic carbocycles. The van der Waals surface area contributed by atoms with E-state index in [0.29, 0.717) is 5.75 Å². The van der Waals surface area contributed by atoms with Gasteiger partial charge in [-0.15, -0.1) is 0 Å². The van der Waals surface area contributed by atoms with Gasteiger partial charge in [-0.25, -0.2) is 4.79 Å². The summed E-state index contributed by atoms with van der Waals surface area (Å²) in [4.78, 5) is 11.8. The molecule has 128 valence electrons. The number of carbonyl (C=O) groups excluding carboxylic acids is 1. The van der Waals surface area contributed by atoms with Gasteiger partial charge in [0.15, 0.2) is 0 Å². The van der Waals surface area contributed by atoms with Crippen LogP contribution in [0.25, 0.3) is 0 Å². The fraction of sp³-hybridized carbons (Fsp3) is 0.632. The SMILES string of the molecule is CCC1NC(=O)NC1c1cc(C(C)(C)C)c(O)c(C(C)(C)C)c1. The molecule has 2 rings (SSSR count). The summed E-state index contributed by atoms with van der Waals surface area (Å²) in [7, 11) is 0. The summed E-state index contributed by atoms with van der Waals surface area (Å²) in [5, 5.41) is 16.8. The van der Waals surface area contributed by atoms with Crippen molar-refractivity contribution in [2.45, 2.75) is 77.8 Å². The van der Waals surface area contributed by atoms with Crippen LogP contribution in [0.1, 0.15) is 77.6 Å². The van der Waals surface area contributed by atoms with E-state index >= 15 is 0 Å². The molecular weight excluding hydrogens is 288 g/mol. The van der Waals surface area contributed by atoms with Crippen LogP contribution >= 0.6 is 0 Å². The van der Waals surface area contributed by atoms with E-state index in [4.69, 9.17) is 0 Å². The molecule has 4 nitrogen and oxygen atoms in total. The molecule has 1 aliphatic heterocycles. The van der Waals surface area contributed by atoms with Crippen molar-refractivity contribution in [1.82, 2.24) is 10.6 Å². The van der Waals surface area contributed by atoms with Crippen molar-refractivity contribution in [2.75, 3.05) is 0 Å². The summed E-state index contributed by atoms with van der Waals surface area (Å²) < 4.78 is 0. The van der Waals surface area contributed by atoms with Crippen LogP contribution in [0, 0.1) is 0 Å². The van der Waals surface area contributed by atoms with Crippen LogP contribution in [0.4, 0.5) is 4.79 Å². The van der Waals surface area contributed by atoms with Gasteiger partial charge in [0.1, 0.15) is 5.75 Å². The number of hydrogen-bond donors (Lipinski definition) is 3. The second-order valence-corrected chi connectivity index (χ2v) is 8.57. The summed E-state index contributed by atoms with van der Waals surface area (Å²) in [6.07, 6.45) is 0.861. The average Bonchev–Trinajstić information content (AvgIpc) is 2.77. The van der Waals surface area contributed by atoms with Gasteiger partial charge >= 0.3 is 6.03 Å². The summed E-state index contributed by atoms with van der Waals surface area (Å²) >= 11 is 0. The maximum Gasteiger partial charge on any atom is 0.315 e. The van der Waals surface area contributed by atoms with E-state index < -0.39 is 0 Å². The molecule has 2 amide bonds. The minimum absolute atomic E-state index is 0.0599. The lowest BCUT2D eigenvalue weighted by atomic mass is 9.77. The van der Waals surface area contributed by atoms with Crippen molar-refractivity contribution >= 4 is 6.03 Å². The Kier molecular flexibility index (Phi) is 4.40. The normalized spacial score (nSPS) is 22.0. The Morgan fingerprint density at radius 1 is 1.00 bits per heavy atom. The fourth-order valence-electron chi connectivity index (χ4n) is 3.17. The van der Waals surface area contributed by atoms with E-state index in [2.05, 4.69) is 59.1 Å². The molecule has 1 aromatic rings. The van der Waals surface area contributed by atoms with Gasteiger partial charge in [0.2, 0.25) is 0 Å². The van der Waals surface area contributed by atoms with Gasteiger partial charge in [-0.2, -0.15) is 0 Å². The average molecular weight is 318 g/mol. The number of phenolic OH excluding ortho intramolecular Hbond substituents is 1. The van der Waals surface area contributed by atoms with Gasteiger partial charge in [-0.3, -0.25) is 0 Å². The predicted octanol–water partition coefficient (Wildman–Crippen LogP) is 4.12. The van der Waals surface area contributed by atoms with Crippen LogP contribution in [0.3, 0.4) is 0 Å². The number of amides is 2. The molecule has 1 fully saturated rings. The second-order valence-electron chi connectivity index (χ2n) is 8.57. The number of hydrogen-bond acceptors (Lipinski definition) is 2. The zero-order chi connectivity index (χ0) is 17.6. The fourth-order valence-corrected chi connectivity index (χ4v) is 3.17.